The number of rotatable bonds is 1. The lowest BCUT2D eigenvalue weighted by atomic mass is 10.2. The van der Waals surface area contributed by atoms with Crippen molar-refractivity contribution in [3.8, 4) is 6.57 Å². The second-order valence-electron chi connectivity index (χ2n) is 1.84. The van der Waals surface area contributed by atoms with Crippen molar-refractivity contribution >= 4 is 0 Å². The Morgan fingerprint density at radius 3 is 2.00 bits per heavy atom. The van der Waals surface area contributed by atoms with Crippen LogP contribution in [0.2, 0.25) is 0 Å². The average Bonchev–Trinajstić information content (AvgIpc) is 2.10. The highest BCUT2D eigenvalue weighted by molar-refractivity contribution is 5.13. The number of hydrogen-bond acceptors (Lipinski definition) is 1. The van der Waals surface area contributed by atoms with Gasteiger partial charge in [-0.05, 0) is 12.0 Å². The fourth-order valence-corrected chi connectivity index (χ4v) is 0.714. The van der Waals surface area contributed by atoms with Gasteiger partial charge < -0.3 is 0 Å². The lowest BCUT2D eigenvalue weighted by Gasteiger charge is -1.89. The highest BCUT2D eigenvalue weighted by atomic mass is 14.2. The topological polar surface area (TPSA) is 23.8 Å². The second-order valence-corrected chi connectivity index (χ2v) is 1.84. The number of hydrogen-bond donors (Lipinski definition) is 0. The molecule has 0 aliphatic rings. The van der Waals surface area contributed by atoms with E-state index in [1.165, 1.54) is 5.56 Å². The molecule has 0 atom stereocenters. The molecule has 1 aromatic carbocycles. The van der Waals surface area contributed by atoms with E-state index < -0.39 is 0 Å². The Morgan fingerprint density at radius 1 is 1.20 bits per heavy atom. The van der Waals surface area contributed by atoms with E-state index in [1.807, 2.05) is 6.07 Å². The Hall–Kier alpha value is -1.29. The van der Waals surface area contributed by atoms with E-state index in [0.717, 1.165) is 6.42 Å². The molecule has 0 radical (unpaired) electrons. The maximum atomic E-state index is 6.50. The molecule has 0 unspecified atom stereocenters. The molecule has 0 heterocycles. The van der Waals surface area contributed by atoms with Crippen LogP contribution in [0.5, 0.6) is 0 Å². The minimum atomic E-state index is 1.14. The first-order valence-corrected chi connectivity index (χ1v) is 3.23. The van der Waals surface area contributed by atoms with Gasteiger partial charge in [0.25, 0.3) is 0 Å². The van der Waals surface area contributed by atoms with Crippen molar-refractivity contribution in [2.24, 2.45) is 0 Å². The summed E-state index contributed by atoms with van der Waals surface area (Å²) >= 11 is 0. The van der Waals surface area contributed by atoms with Gasteiger partial charge in [0.1, 0.15) is 0 Å². The predicted molar refractivity (Wildman–Crippen MR) is 42.5 cm³/mol. The maximum absolute atomic E-state index is 6.50. The summed E-state index contributed by atoms with van der Waals surface area (Å²) in [6, 6.07) is 10.5. The third-order valence-corrected chi connectivity index (χ3v) is 1.25. The molecule has 10 heavy (non-hydrogen) atoms. The van der Waals surface area contributed by atoms with E-state index in [4.69, 9.17) is 5.26 Å². The summed E-state index contributed by atoms with van der Waals surface area (Å²) in [6.45, 7) is 5.66. The molecule has 0 aliphatic heterocycles. The minimum absolute atomic E-state index is 1.14. The number of aryl methyl sites for hydroxylation is 1. The summed E-state index contributed by atoms with van der Waals surface area (Å²) in [5, 5.41) is 6.50. The Kier molecular flexibility index (Phi) is 5.09. The fraction of sp³-hybridized carbons (Fsp3) is 0.222. The van der Waals surface area contributed by atoms with Crippen LogP contribution in [0.1, 0.15) is 12.5 Å². The van der Waals surface area contributed by atoms with Gasteiger partial charge in [-0.15, -0.1) is 0 Å². The van der Waals surface area contributed by atoms with Crippen LogP contribution in [-0.2, 0) is 6.42 Å². The monoisotopic (exact) mass is 133 g/mol. The van der Waals surface area contributed by atoms with Gasteiger partial charge in [0.2, 0.25) is 0 Å². The number of nitrogens with zero attached hydrogens (tertiary/aromatic N) is 1. The SMILES string of the molecule is C#N.CCc1ccccc1. The molecule has 0 fully saturated rings. The zero-order valence-corrected chi connectivity index (χ0v) is 6.12. The zero-order chi connectivity index (χ0) is 7.82. The van der Waals surface area contributed by atoms with Gasteiger partial charge in [0.05, 0.1) is 0 Å². The summed E-state index contributed by atoms with van der Waals surface area (Å²) in [5.74, 6) is 0. The summed E-state index contributed by atoms with van der Waals surface area (Å²) < 4.78 is 0. The van der Waals surface area contributed by atoms with E-state index >= 15 is 0 Å². The normalized spacial score (nSPS) is 7.50. The third-order valence-electron chi connectivity index (χ3n) is 1.25. The van der Waals surface area contributed by atoms with Crippen LogP contribution in [0.4, 0.5) is 0 Å². The van der Waals surface area contributed by atoms with Crippen LogP contribution < -0.4 is 0 Å². The van der Waals surface area contributed by atoms with Crippen LogP contribution in [0.25, 0.3) is 0 Å². The summed E-state index contributed by atoms with van der Waals surface area (Å²) in [4.78, 5) is 0. The van der Waals surface area contributed by atoms with Crippen LogP contribution in [0, 0.1) is 11.8 Å². The Bertz CT molecular complexity index is 176. The molecule has 0 saturated heterocycles. The average molecular weight is 133 g/mol. The van der Waals surface area contributed by atoms with Crippen LogP contribution >= 0.6 is 0 Å². The lowest BCUT2D eigenvalue weighted by molar-refractivity contribution is 1.14. The van der Waals surface area contributed by atoms with Gasteiger partial charge in [0, 0.05) is 6.57 Å². The van der Waals surface area contributed by atoms with Gasteiger partial charge in [-0.1, -0.05) is 37.3 Å². The highest BCUT2D eigenvalue weighted by Crippen LogP contribution is 1.96. The minimum Gasteiger partial charge on any atom is -0.202 e. The molecule has 0 saturated carbocycles. The first-order chi connectivity index (χ1) is 4.93. The second kappa shape index (κ2) is 5.84. The van der Waals surface area contributed by atoms with E-state index in [-0.39, 0.29) is 0 Å². The standard InChI is InChI=1S/C8H10.CHN/c1-2-8-6-4-3-5-7-8;1-2/h3-7H,2H2,1H3;1H. The molecule has 0 spiro atoms. The first kappa shape index (κ1) is 8.71. The van der Waals surface area contributed by atoms with Crippen molar-refractivity contribution in [2.45, 2.75) is 13.3 Å². The molecule has 0 aromatic heterocycles. The van der Waals surface area contributed by atoms with Crippen molar-refractivity contribution in [3.05, 3.63) is 35.9 Å². The van der Waals surface area contributed by atoms with Gasteiger partial charge in [0.15, 0.2) is 0 Å². The number of benzene rings is 1. The first-order valence-electron chi connectivity index (χ1n) is 3.23. The number of nitriles is 1. The molecular weight excluding hydrogens is 122 g/mol. The fourth-order valence-electron chi connectivity index (χ4n) is 0.714. The van der Waals surface area contributed by atoms with E-state index in [9.17, 15) is 0 Å². The molecule has 0 aliphatic carbocycles. The Labute approximate surface area is 61.9 Å². The van der Waals surface area contributed by atoms with Crippen LogP contribution in [-0.4, -0.2) is 0 Å². The van der Waals surface area contributed by atoms with Crippen molar-refractivity contribution in [1.82, 2.24) is 0 Å². The Morgan fingerprint density at radius 2 is 1.70 bits per heavy atom. The van der Waals surface area contributed by atoms with E-state index in [2.05, 4.69) is 37.8 Å². The molecule has 1 heteroatoms. The van der Waals surface area contributed by atoms with Crippen molar-refractivity contribution in [1.29, 1.82) is 5.26 Å². The summed E-state index contributed by atoms with van der Waals surface area (Å²) in [6.07, 6.45) is 1.14. The molecule has 1 rings (SSSR count). The van der Waals surface area contributed by atoms with Gasteiger partial charge in [-0.25, -0.2) is 5.26 Å². The van der Waals surface area contributed by atoms with E-state index in [1.54, 1.807) is 0 Å². The molecule has 1 aromatic rings. The molecule has 52 valence electrons. The molecular formula is C9H11N. The zero-order valence-electron chi connectivity index (χ0n) is 6.12. The summed E-state index contributed by atoms with van der Waals surface area (Å²) in [7, 11) is 0. The molecule has 1 nitrogen and oxygen atoms in total. The van der Waals surface area contributed by atoms with Crippen LogP contribution in [0.15, 0.2) is 30.3 Å². The smallest absolute Gasteiger partial charge is 0.0462 e. The summed E-state index contributed by atoms with van der Waals surface area (Å²) in [5.41, 5.74) is 1.41. The predicted octanol–water partition coefficient (Wildman–Crippen LogP) is 2.39. The largest absolute Gasteiger partial charge is 0.202 e. The third kappa shape index (κ3) is 2.88. The van der Waals surface area contributed by atoms with Crippen molar-refractivity contribution < 1.29 is 0 Å². The van der Waals surface area contributed by atoms with Crippen molar-refractivity contribution in [2.75, 3.05) is 0 Å². The van der Waals surface area contributed by atoms with E-state index in [0.29, 0.717) is 0 Å². The lowest BCUT2D eigenvalue weighted by Crippen LogP contribution is -1.73. The molecule has 0 N–H and O–H groups in total. The Balaban J connectivity index is 0.000000371. The van der Waals surface area contributed by atoms with Gasteiger partial charge in [-0.2, -0.15) is 0 Å². The molecule has 0 bridgehead atoms. The quantitative estimate of drug-likeness (QED) is 0.577. The van der Waals surface area contributed by atoms with Crippen LogP contribution in [0.3, 0.4) is 0 Å². The van der Waals surface area contributed by atoms with Gasteiger partial charge >= 0.3 is 0 Å². The molecule has 0 amide bonds. The van der Waals surface area contributed by atoms with Crippen molar-refractivity contribution in [3.63, 3.8) is 0 Å². The van der Waals surface area contributed by atoms with Gasteiger partial charge in [-0.3, -0.25) is 0 Å². The highest BCUT2D eigenvalue weighted by Gasteiger charge is 1.79. The maximum Gasteiger partial charge on any atom is 0.0462 e.